The van der Waals surface area contributed by atoms with Gasteiger partial charge in [0.25, 0.3) is 5.91 Å². The Morgan fingerprint density at radius 1 is 1.07 bits per heavy atom. The first-order valence-electron chi connectivity index (χ1n) is 9.05. The summed E-state index contributed by atoms with van der Waals surface area (Å²) >= 11 is 3.47. The summed E-state index contributed by atoms with van der Waals surface area (Å²) in [5.41, 5.74) is 6.75. The number of carbonyl (C=O) groups is 2. The summed E-state index contributed by atoms with van der Waals surface area (Å²) in [6, 6.07) is 13.0. The van der Waals surface area contributed by atoms with Crippen molar-refractivity contribution in [3.05, 3.63) is 58.1 Å². The Bertz CT molecular complexity index is 809. The quantitative estimate of drug-likeness (QED) is 0.602. The molecule has 0 heterocycles. The van der Waals surface area contributed by atoms with Crippen LogP contribution in [0.15, 0.2) is 46.9 Å². The Labute approximate surface area is 173 Å². The molecule has 0 aliphatic rings. The third-order valence-corrected chi connectivity index (χ3v) is 4.98. The number of nitrogens with one attached hydrogen (secondary N) is 2. The van der Waals surface area contributed by atoms with E-state index in [4.69, 9.17) is 9.47 Å². The van der Waals surface area contributed by atoms with Crippen molar-refractivity contribution in [2.75, 3.05) is 13.7 Å². The first-order valence-corrected chi connectivity index (χ1v) is 9.85. The number of halogens is 1. The van der Waals surface area contributed by atoms with Crippen LogP contribution in [0.4, 0.5) is 0 Å². The van der Waals surface area contributed by atoms with Crippen molar-refractivity contribution in [1.82, 2.24) is 10.9 Å². The molecule has 2 aromatic carbocycles. The molecular weight excluding hydrogens is 424 g/mol. The number of ether oxygens (including phenoxy) is 2. The van der Waals surface area contributed by atoms with E-state index in [1.807, 2.05) is 18.2 Å². The van der Waals surface area contributed by atoms with E-state index in [-0.39, 0.29) is 18.9 Å². The van der Waals surface area contributed by atoms with Crippen molar-refractivity contribution in [1.29, 1.82) is 0 Å². The van der Waals surface area contributed by atoms with E-state index in [0.29, 0.717) is 11.7 Å². The van der Waals surface area contributed by atoms with Crippen molar-refractivity contribution in [2.45, 2.75) is 32.6 Å². The van der Waals surface area contributed by atoms with Gasteiger partial charge in [-0.25, -0.2) is 0 Å². The van der Waals surface area contributed by atoms with Crippen molar-refractivity contribution in [3.8, 4) is 11.5 Å². The first kappa shape index (κ1) is 21.8. The largest absolute Gasteiger partial charge is 0.497 e. The fourth-order valence-electron chi connectivity index (χ4n) is 2.47. The number of hydrazine groups is 1. The maximum absolute atomic E-state index is 11.9. The van der Waals surface area contributed by atoms with Crippen molar-refractivity contribution >= 4 is 27.7 Å². The number of benzene rings is 2. The summed E-state index contributed by atoms with van der Waals surface area (Å²) < 4.78 is 11.4. The number of rotatable bonds is 8. The van der Waals surface area contributed by atoms with Gasteiger partial charge in [0, 0.05) is 0 Å². The highest BCUT2D eigenvalue weighted by atomic mass is 79.9. The molecule has 1 unspecified atom stereocenters. The molecule has 2 amide bonds. The van der Waals surface area contributed by atoms with Gasteiger partial charge in [0.05, 0.1) is 18.0 Å². The standard InChI is InChI=1S/C21H25BrN2O4/c1-4-14(2)16-7-10-19(18(22)12-16)28-13-21(26)24-23-20(25)11-15-5-8-17(27-3)9-6-15/h5-10,12,14H,4,11,13H2,1-3H3,(H,23,25)(H,24,26). The van der Waals surface area contributed by atoms with E-state index in [1.54, 1.807) is 31.4 Å². The van der Waals surface area contributed by atoms with Gasteiger partial charge in [0.2, 0.25) is 5.91 Å². The molecule has 0 aliphatic heterocycles. The smallest absolute Gasteiger partial charge is 0.276 e. The molecule has 7 heteroatoms. The number of hydrogen-bond acceptors (Lipinski definition) is 4. The van der Waals surface area contributed by atoms with Crippen LogP contribution in [0.5, 0.6) is 11.5 Å². The van der Waals surface area contributed by atoms with E-state index >= 15 is 0 Å². The highest BCUT2D eigenvalue weighted by molar-refractivity contribution is 9.10. The zero-order chi connectivity index (χ0) is 20.5. The summed E-state index contributed by atoms with van der Waals surface area (Å²) in [7, 11) is 1.58. The molecule has 150 valence electrons. The number of carbonyl (C=O) groups excluding carboxylic acids is 2. The van der Waals surface area contributed by atoms with E-state index in [9.17, 15) is 9.59 Å². The molecule has 0 spiro atoms. The fraction of sp³-hybridized carbons (Fsp3) is 0.333. The van der Waals surface area contributed by atoms with Crippen LogP contribution in [0.2, 0.25) is 0 Å². The van der Waals surface area contributed by atoms with Crippen LogP contribution in [0.3, 0.4) is 0 Å². The second kappa shape index (κ2) is 10.7. The zero-order valence-corrected chi connectivity index (χ0v) is 17.8. The lowest BCUT2D eigenvalue weighted by atomic mass is 9.99. The van der Waals surface area contributed by atoms with Gasteiger partial charge in [-0.3, -0.25) is 20.4 Å². The maximum Gasteiger partial charge on any atom is 0.276 e. The minimum Gasteiger partial charge on any atom is -0.497 e. The van der Waals surface area contributed by atoms with E-state index in [0.717, 1.165) is 22.2 Å². The minimum atomic E-state index is -0.444. The third-order valence-electron chi connectivity index (χ3n) is 4.36. The fourth-order valence-corrected chi connectivity index (χ4v) is 2.98. The predicted octanol–water partition coefficient (Wildman–Crippen LogP) is 3.74. The van der Waals surface area contributed by atoms with Crippen LogP contribution in [0, 0.1) is 0 Å². The minimum absolute atomic E-state index is 0.147. The summed E-state index contributed by atoms with van der Waals surface area (Å²) in [5.74, 6) is 0.984. The van der Waals surface area contributed by atoms with Gasteiger partial charge in [-0.15, -0.1) is 0 Å². The van der Waals surface area contributed by atoms with Gasteiger partial charge < -0.3 is 9.47 Å². The van der Waals surface area contributed by atoms with Crippen molar-refractivity contribution < 1.29 is 19.1 Å². The molecular formula is C21H25BrN2O4. The van der Waals surface area contributed by atoms with Crippen LogP contribution in [-0.2, 0) is 16.0 Å². The molecule has 2 N–H and O–H groups in total. The average molecular weight is 449 g/mol. The van der Waals surface area contributed by atoms with E-state index in [2.05, 4.69) is 40.6 Å². The molecule has 0 bridgehead atoms. The van der Waals surface area contributed by atoms with Gasteiger partial charge in [-0.2, -0.15) is 0 Å². The zero-order valence-electron chi connectivity index (χ0n) is 16.3. The molecule has 0 saturated carbocycles. The molecule has 6 nitrogen and oxygen atoms in total. The SMILES string of the molecule is CCC(C)c1ccc(OCC(=O)NNC(=O)Cc2ccc(OC)cc2)c(Br)c1. The van der Waals surface area contributed by atoms with Gasteiger partial charge in [-0.1, -0.05) is 32.0 Å². The molecule has 0 fully saturated rings. The van der Waals surface area contributed by atoms with Gasteiger partial charge in [0.1, 0.15) is 11.5 Å². The molecule has 28 heavy (non-hydrogen) atoms. The molecule has 2 rings (SSSR count). The van der Waals surface area contributed by atoms with Crippen LogP contribution >= 0.6 is 15.9 Å². The number of methoxy groups -OCH3 is 1. The van der Waals surface area contributed by atoms with Gasteiger partial charge in [0.15, 0.2) is 6.61 Å². The molecule has 0 aliphatic carbocycles. The second-order valence-electron chi connectivity index (χ2n) is 6.41. The average Bonchev–Trinajstić information content (AvgIpc) is 2.71. The maximum atomic E-state index is 11.9. The van der Waals surface area contributed by atoms with Crippen LogP contribution in [0.1, 0.15) is 37.3 Å². The Morgan fingerprint density at radius 2 is 1.75 bits per heavy atom. The third kappa shape index (κ3) is 6.56. The van der Waals surface area contributed by atoms with Crippen LogP contribution < -0.4 is 20.3 Å². The molecule has 0 aromatic heterocycles. The van der Waals surface area contributed by atoms with Gasteiger partial charge >= 0.3 is 0 Å². The summed E-state index contributed by atoms with van der Waals surface area (Å²) in [4.78, 5) is 23.8. The Balaban J connectivity index is 1.76. The van der Waals surface area contributed by atoms with Crippen LogP contribution in [0.25, 0.3) is 0 Å². The summed E-state index contributed by atoms with van der Waals surface area (Å²) in [6.45, 7) is 4.09. The predicted molar refractivity (Wildman–Crippen MR) is 111 cm³/mol. The summed E-state index contributed by atoms with van der Waals surface area (Å²) in [5, 5.41) is 0. The van der Waals surface area contributed by atoms with E-state index in [1.165, 1.54) is 5.56 Å². The normalized spacial score (nSPS) is 11.4. The lowest BCUT2D eigenvalue weighted by Crippen LogP contribution is -2.44. The van der Waals surface area contributed by atoms with Crippen molar-refractivity contribution in [2.24, 2.45) is 0 Å². The number of hydrogen-bond donors (Lipinski definition) is 2. The number of amides is 2. The highest BCUT2D eigenvalue weighted by Crippen LogP contribution is 2.29. The van der Waals surface area contributed by atoms with Crippen LogP contribution in [-0.4, -0.2) is 25.5 Å². The summed E-state index contributed by atoms with van der Waals surface area (Å²) in [6.07, 6.45) is 1.19. The lowest BCUT2D eigenvalue weighted by molar-refractivity contribution is -0.129. The lowest BCUT2D eigenvalue weighted by Gasteiger charge is -2.13. The van der Waals surface area contributed by atoms with Crippen molar-refractivity contribution in [3.63, 3.8) is 0 Å². The highest BCUT2D eigenvalue weighted by Gasteiger charge is 2.10. The Morgan fingerprint density at radius 3 is 2.36 bits per heavy atom. The van der Waals surface area contributed by atoms with Gasteiger partial charge in [-0.05, 0) is 63.7 Å². The van der Waals surface area contributed by atoms with E-state index < -0.39 is 5.91 Å². The molecule has 2 aromatic rings. The molecule has 0 radical (unpaired) electrons. The second-order valence-corrected chi connectivity index (χ2v) is 7.26. The Hall–Kier alpha value is -2.54. The Kier molecular flexibility index (Phi) is 8.32. The monoisotopic (exact) mass is 448 g/mol. The topological polar surface area (TPSA) is 76.7 Å². The first-order chi connectivity index (χ1) is 13.4. The molecule has 0 saturated heterocycles. The molecule has 1 atom stereocenters.